The van der Waals surface area contributed by atoms with E-state index < -0.39 is 10.0 Å². The van der Waals surface area contributed by atoms with Crippen LogP contribution in [-0.4, -0.2) is 52.0 Å². The Kier molecular flexibility index (Phi) is 5.12. The van der Waals surface area contributed by atoms with Crippen molar-refractivity contribution in [3.05, 3.63) is 46.8 Å². The van der Waals surface area contributed by atoms with E-state index in [1.54, 1.807) is 24.3 Å². The van der Waals surface area contributed by atoms with Gasteiger partial charge in [-0.2, -0.15) is 4.31 Å². The number of hydrogen-bond donors (Lipinski definition) is 0. The molecule has 134 valence electrons. The van der Waals surface area contributed by atoms with Crippen molar-refractivity contribution in [1.29, 1.82) is 0 Å². The Bertz CT molecular complexity index is 868. The van der Waals surface area contributed by atoms with E-state index >= 15 is 0 Å². The smallest absolute Gasteiger partial charge is 0.337 e. The fourth-order valence-electron chi connectivity index (χ4n) is 2.81. The molecule has 0 amide bonds. The summed E-state index contributed by atoms with van der Waals surface area (Å²) in [6, 6.07) is 10.7. The van der Waals surface area contributed by atoms with Gasteiger partial charge >= 0.3 is 5.97 Å². The molecule has 2 heterocycles. The molecule has 1 aromatic heterocycles. The molecule has 0 aliphatic carbocycles. The average Bonchev–Trinajstić information content (AvgIpc) is 3.08. The Balaban J connectivity index is 1.71. The largest absolute Gasteiger partial charge is 0.465 e. The number of carbonyl (C=O) groups excluding carboxylic acids is 1. The third kappa shape index (κ3) is 3.70. The van der Waals surface area contributed by atoms with E-state index in [1.807, 2.05) is 19.1 Å². The van der Waals surface area contributed by atoms with Gasteiger partial charge in [0.15, 0.2) is 0 Å². The highest BCUT2D eigenvalue weighted by atomic mass is 32.2. The molecular formula is C17H20N2O4S2. The average molecular weight is 380 g/mol. The van der Waals surface area contributed by atoms with E-state index in [1.165, 1.54) is 22.8 Å². The minimum absolute atomic E-state index is 0.379. The summed E-state index contributed by atoms with van der Waals surface area (Å²) >= 11 is 1.30. The summed E-state index contributed by atoms with van der Waals surface area (Å²) in [5.74, 6) is -0.379. The summed E-state index contributed by atoms with van der Waals surface area (Å²) in [6.07, 6.45) is 0. The lowest BCUT2D eigenvalue weighted by molar-refractivity contribution is 0.0600. The highest BCUT2D eigenvalue weighted by Crippen LogP contribution is 2.26. The molecular weight excluding hydrogens is 360 g/mol. The fraction of sp³-hybridized carbons (Fsp3) is 0.353. The number of piperazine rings is 1. The second-order valence-corrected chi connectivity index (χ2v) is 9.25. The van der Waals surface area contributed by atoms with E-state index in [0.717, 1.165) is 10.6 Å². The molecule has 1 aromatic carbocycles. The summed E-state index contributed by atoms with van der Waals surface area (Å²) in [7, 11) is -2.07. The van der Waals surface area contributed by atoms with Crippen LogP contribution in [0.1, 0.15) is 15.2 Å². The molecule has 1 aliphatic rings. The quantitative estimate of drug-likeness (QED) is 0.762. The summed E-state index contributed by atoms with van der Waals surface area (Å²) in [5.41, 5.74) is 1.39. The normalized spacial score (nSPS) is 16.0. The SMILES string of the molecule is COC(=O)c1cccc(N2CCN(S(=O)(=O)c3ccc(C)s3)CC2)c1. The number of benzene rings is 1. The summed E-state index contributed by atoms with van der Waals surface area (Å²) in [6.45, 7) is 3.89. The molecule has 1 aliphatic heterocycles. The molecule has 25 heavy (non-hydrogen) atoms. The van der Waals surface area contributed by atoms with Crippen molar-refractivity contribution in [3.8, 4) is 0 Å². The summed E-state index contributed by atoms with van der Waals surface area (Å²) < 4.78 is 32.0. The van der Waals surface area contributed by atoms with E-state index in [2.05, 4.69) is 4.90 Å². The molecule has 1 fully saturated rings. The Hall–Kier alpha value is -1.90. The van der Waals surface area contributed by atoms with Crippen LogP contribution < -0.4 is 4.90 Å². The van der Waals surface area contributed by atoms with Gasteiger partial charge in [0.05, 0.1) is 12.7 Å². The Morgan fingerprint density at radius 3 is 2.44 bits per heavy atom. The molecule has 1 saturated heterocycles. The van der Waals surface area contributed by atoms with Crippen molar-refractivity contribution in [1.82, 2.24) is 4.31 Å². The lowest BCUT2D eigenvalue weighted by atomic mass is 10.2. The van der Waals surface area contributed by atoms with E-state index in [0.29, 0.717) is 36.0 Å². The topological polar surface area (TPSA) is 66.9 Å². The monoisotopic (exact) mass is 380 g/mol. The first kappa shape index (κ1) is 17.9. The second kappa shape index (κ2) is 7.15. The van der Waals surface area contributed by atoms with Gasteiger partial charge < -0.3 is 9.64 Å². The fourth-order valence-corrected chi connectivity index (χ4v) is 5.67. The number of esters is 1. The second-order valence-electron chi connectivity index (χ2n) is 5.80. The number of hydrogen-bond acceptors (Lipinski definition) is 6. The maximum absolute atomic E-state index is 12.7. The summed E-state index contributed by atoms with van der Waals surface area (Å²) in [4.78, 5) is 14.7. The first-order chi connectivity index (χ1) is 11.9. The van der Waals surface area contributed by atoms with Gasteiger partial charge in [0.1, 0.15) is 4.21 Å². The number of nitrogens with zero attached hydrogens (tertiary/aromatic N) is 2. The van der Waals surface area contributed by atoms with Crippen molar-refractivity contribution in [2.45, 2.75) is 11.1 Å². The zero-order valence-electron chi connectivity index (χ0n) is 14.1. The number of anilines is 1. The number of carbonyl (C=O) groups is 1. The van der Waals surface area contributed by atoms with E-state index in [4.69, 9.17) is 4.74 Å². The molecule has 2 aromatic rings. The lowest BCUT2D eigenvalue weighted by Gasteiger charge is -2.35. The van der Waals surface area contributed by atoms with Gasteiger partial charge in [0.2, 0.25) is 0 Å². The van der Waals surface area contributed by atoms with Crippen LogP contribution >= 0.6 is 11.3 Å². The maximum Gasteiger partial charge on any atom is 0.337 e. The number of ether oxygens (including phenoxy) is 1. The molecule has 0 unspecified atom stereocenters. The number of methoxy groups -OCH3 is 1. The van der Waals surface area contributed by atoms with E-state index in [9.17, 15) is 13.2 Å². The minimum atomic E-state index is -3.42. The molecule has 6 nitrogen and oxygen atoms in total. The van der Waals surface area contributed by atoms with Gasteiger partial charge in [-0.15, -0.1) is 11.3 Å². The van der Waals surface area contributed by atoms with Crippen LogP contribution in [0.2, 0.25) is 0 Å². The van der Waals surface area contributed by atoms with Crippen molar-refractivity contribution in [3.63, 3.8) is 0 Å². The zero-order valence-corrected chi connectivity index (χ0v) is 15.8. The van der Waals surface area contributed by atoms with Crippen molar-refractivity contribution in [2.24, 2.45) is 0 Å². The molecule has 0 N–H and O–H groups in total. The number of aryl methyl sites for hydroxylation is 1. The minimum Gasteiger partial charge on any atom is -0.465 e. The molecule has 0 bridgehead atoms. The van der Waals surface area contributed by atoms with Crippen LogP contribution in [0.5, 0.6) is 0 Å². The highest BCUT2D eigenvalue weighted by Gasteiger charge is 2.29. The third-order valence-electron chi connectivity index (χ3n) is 4.18. The van der Waals surface area contributed by atoms with Gasteiger partial charge in [-0.25, -0.2) is 13.2 Å². The van der Waals surface area contributed by atoms with Crippen LogP contribution in [0.25, 0.3) is 0 Å². The molecule has 0 spiro atoms. The molecule has 3 rings (SSSR count). The third-order valence-corrected chi connectivity index (χ3v) is 7.55. The van der Waals surface area contributed by atoms with Crippen LogP contribution in [0.3, 0.4) is 0 Å². The van der Waals surface area contributed by atoms with Crippen LogP contribution in [-0.2, 0) is 14.8 Å². The molecule has 0 radical (unpaired) electrons. The Morgan fingerprint density at radius 1 is 1.12 bits per heavy atom. The van der Waals surface area contributed by atoms with Crippen LogP contribution in [0.15, 0.2) is 40.6 Å². The van der Waals surface area contributed by atoms with Gasteiger partial charge in [0.25, 0.3) is 10.0 Å². The predicted octanol–water partition coefficient (Wildman–Crippen LogP) is 2.35. The standard InChI is InChI=1S/C17H20N2O4S2/c1-13-6-7-16(24-13)25(21,22)19-10-8-18(9-11-19)15-5-3-4-14(12-15)17(20)23-2/h3-7,12H,8-11H2,1-2H3. The predicted molar refractivity (Wildman–Crippen MR) is 97.8 cm³/mol. The first-order valence-electron chi connectivity index (χ1n) is 7.92. The summed E-state index contributed by atoms with van der Waals surface area (Å²) in [5, 5.41) is 0. The number of thiophene rings is 1. The Labute approximate surface area is 151 Å². The van der Waals surface area contributed by atoms with Crippen LogP contribution in [0.4, 0.5) is 5.69 Å². The van der Waals surface area contributed by atoms with Gasteiger partial charge in [-0.05, 0) is 37.3 Å². The maximum atomic E-state index is 12.7. The first-order valence-corrected chi connectivity index (χ1v) is 10.2. The van der Waals surface area contributed by atoms with Gasteiger partial charge in [-0.1, -0.05) is 6.07 Å². The highest BCUT2D eigenvalue weighted by molar-refractivity contribution is 7.91. The van der Waals surface area contributed by atoms with Crippen molar-refractivity contribution in [2.75, 3.05) is 38.2 Å². The molecule has 0 atom stereocenters. The van der Waals surface area contributed by atoms with Crippen molar-refractivity contribution >= 4 is 33.0 Å². The van der Waals surface area contributed by atoms with Gasteiger partial charge in [0, 0.05) is 36.7 Å². The number of rotatable bonds is 4. The lowest BCUT2D eigenvalue weighted by Crippen LogP contribution is -2.48. The molecule has 8 heteroatoms. The van der Waals surface area contributed by atoms with E-state index in [-0.39, 0.29) is 5.97 Å². The zero-order chi connectivity index (χ0) is 18.0. The molecule has 0 saturated carbocycles. The number of sulfonamides is 1. The van der Waals surface area contributed by atoms with Crippen molar-refractivity contribution < 1.29 is 17.9 Å². The van der Waals surface area contributed by atoms with Crippen LogP contribution in [0, 0.1) is 6.92 Å². The van der Waals surface area contributed by atoms with Gasteiger partial charge in [-0.3, -0.25) is 0 Å². The Morgan fingerprint density at radius 2 is 1.84 bits per heavy atom.